The Bertz CT molecular complexity index is 832. The largest absolute Gasteiger partial charge is 0.459 e. The highest BCUT2D eigenvalue weighted by molar-refractivity contribution is 6.75. The van der Waals surface area contributed by atoms with Crippen LogP contribution in [0.2, 0.25) is 0 Å². The molecule has 0 aromatic carbocycles. The predicted octanol–water partition coefficient (Wildman–Crippen LogP) is 9.95. The number of rotatable bonds is 7. The van der Waals surface area contributed by atoms with E-state index in [1.165, 1.54) is 56.9 Å². The van der Waals surface area contributed by atoms with E-state index in [-0.39, 0.29) is 11.5 Å². The van der Waals surface area contributed by atoms with Crippen molar-refractivity contribution in [2.75, 3.05) is 0 Å². The van der Waals surface area contributed by atoms with Crippen LogP contribution in [0.4, 0.5) is 0 Å². The van der Waals surface area contributed by atoms with Gasteiger partial charge in [0.1, 0.15) is 6.10 Å². The van der Waals surface area contributed by atoms with Gasteiger partial charge in [0.15, 0.2) is 0 Å². The highest BCUT2D eigenvalue weighted by Crippen LogP contribution is 2.67. The van der Waals surface area contributed by atoms with Gasteiger partial charge in [-0.25, -0.2) is 4.79 Å². The molecule has 206 valence electrons. The quantitative estimate of drug-likeness (QED) is 0.176. The average Bonchev–Trinajstić information content (AvgIpc) is 3.16. The van der Waals surface area contributed by atoms with E-state index in [4.69, 9.17) is 39.5 Å². The first-order valence-corrected chi connectivity index (χ1v) is 15.9. The molecule has 4 aliphatic rings. The van der Waals surface area contributed by atoms with Gasteiger partial charge in [0.25, 0.3) is 3.79 Å². The van der Waals surface area contributed by atoms with Crippen LogP contribution in [0, 0.1) is 52.3 Å². The van der Waals surface area contributed by atoms with Gasteiger partial charge >= 0.3 is 5.97 Å². The Hall–Kier alpha value is 0.0800. The van der Waals surface area contributed by atoms with Crippen molar-refractivity contribution in [3.05, 3.63) is 11.6 Å². The van der Waals surface area contributed by atoms with Gasteiger partial charge in [-0.1, -0.05) is 101 Å². The number of carbonyl (C=O) groups excluding carboxylic acids is 1. The molecule has 0 saturated heterocycles. The summed E-state index contributed by atoms with van der Waals surface area (Å²) in [5.74, 6) is 5.04. The molecule has 36 heavy (non-hydrogen) atoms. The van der Waals surface area contributed by atoms with Gasteiger partial charge in [-0.15, -0.1) is 0 Å². The molecule has 0 heterocycles. The van der Waals surface area contributed by atoms with Gasteiger partial charge in [0.2, 0.25) is 0 Å². The summed E-state index contributed by atoms with van der Waals surface area (Å²) in [6.07, 6.45) is 15.9. The third kappa shape index (κ3) is 5.40. The summed E-state index contributed by atoms with van der Waals surface area (Å²) < 4.78 is 3.60. The molecule has 0 unspecified atom stereocenters. The minimum Gasteiger partial charge on any atom is -0.459 e. The number of alkyl halides is 3. The van der Waals surface area contributed by atoms with E-state index in [1.54, 1.807) is 0 Å². The third-order valence-corrected chi connectivity index (χ3v) is 12.2. The minimum atomic E-state index is -2.00. The van der Waals surface area contributed by atoms with E-state index in [1.807, 2.05) is 0 Å². The lowest BCUT2D eigenvalue weighted by Crippen LogP contribution is -2.51. The van der Waals surface area contributed by atoms with Crippen LogP contribution in [-0.2, 0) is 9.53 Å². The summed E-state index contributed by atoms with van der Waals surface area (Å²) in [5.41, 5.74) is 2.21. The van der Waals surface area contributed by atoms with E-state index >= 15 is 0 Å². The Balaban J connectivity index is 1.44. The standard InChI is InChI=1S/C31H49Cl3O2/c1-7-21(19(2)3)9-8-20(4)25-12-13-26-24-11-10-22-18-23(36-28(35)31(32,33)34)14-16-29(22,5)27(24)15-17-30(25,26)6/h10,19-21,23-27H,7-9,11-18H2,1-6H3/t20-,21-,23+,24+,25-,26+,27+,29+,30-/m1/s1. The molecule has 0 spiro atoms. The van der Waals surface area contributed by atoms with Crippen molar-refractivity contribution >= 4 is 40.8 Å². The maximum Gasteiger partial charge on any atom is 0.358 e. The fraction of sp³-hybridized carbons (Fsp3) is 0.903. The minimum absolute atomic E-state index is 0.174. The van der Waals surface area contributed by atoms with E-state index in [9.17, 15) is 4.79 Å². The van der Waals surface area contributed by atoms with E-state index in [2.05, 4.69) is 47.6 Å². The van der Waals surface area contributed by atoms with Crippen LogP contribution in [0.5, 0.6) is 0 Å². The lowest BCUT2D eigenvalue weighted by Gasteiger charge is -2.58. The molecule has 3 fully saturated rings. The number of halogens is 3. The lowest BCUT2D eigenvalue weighted by molar-refractivity contribution is -0.150. The van der Waals surface area contributed by atoms with Crippen molar-refractivity contribution in [1.82, 2.24) is 0 Å². The Kier molecular flexibility index (Phi) is 8.82. The highest BCUT2D eigenvalue weighted by atomic mass is 35.6. The molecule has 0 aromatic rings. The summed E-state index contributed by atoms with van der Waals surface area (Å²) in [5, 5.41) is 0. The zero-order chi connectivity index (χ0) is 26.5. The van der Waals surface area contributed by atoms with Crippen molar-refractivity contribution in [2.45, 2.75) is 122 Å². The Labute approximate surface area is 235 Å². The molecule has 4 aliphatic carbocycles. The van der Waals surface area contributed by atoms with Gasteiger partial charge < -0.3 is 4.74 Å². The Morgan fingerprint density at radius 1 is 1.06 bits per heavy atom. The zero-order valence-corrected chi connectivity index (χ0v) is 25.7. The van der Waals surface area contributed by atoms with Crippen LogP contribution in [0.25, 0.3) is 0 Å². The maximum atomic E-state index is 12.1. The summed E-state index contributed by atoms with van der Waals surface area (Å²) >= 11 is 17.3. The van der Waals surface area contributed by atoms with Crippen LogP contribution in [0.15, 0.2) is 11.6 Å². The third-order valence-electron chi connectivity index (χ3n) is 11.8. The van der Waals surface area contributed by atoms with Crippen LogP contribution in [-0.4, -0.2) is 15.9 Å². The van der Waals surface area contributed by atoms with Crippen molar-refractivity contribution in [3.8, 4) is 0 Å². The van der Waals surface area contributed by atoms with Crippen LogP contribution >= 0.6 is 34.8 Å². The molecule has 3 saturated carbocycles. The summed E-state index contributed by atoms with van der Waals surface area (Å²) in [6, 6.07) is 0. The number of carbonyl (C=O) groups is 1. The van der Waals surface area contributed by atoms with Crippen molar-refractivity contribution in [1.29, 1.82) is 0 Å². The van der Waals surface area contributed by atoms with Gasteiger partial charge in [-0.2, -0.15) is 0 Å². The van der Waals surface area contributed by atoms with E-state index < -0.39 is 9.76 Å². The second-order valence-corrected chi connectivity index (χ2v) is 16.0. The topological polar surface area (TPSA) is 26.3 Å². The number of ether oxygens (including phenoxy) is 1. The van der Waals surface area contributed by atoms with Gasteiger partial charge in [0.05, 0.1) is 0 Å². The van der Waals surface area contributed by atoms with Crippen LogP contribution in [0.3, 0.4) is 0 Å². The number of hydrogen-bond donors (Lipinski definition) is 0. The number of fused-ring (bicyclic) bond motifs is 5. The van der Waals surface area contributed by atoms with E-state index in [0.717, 1.165) is 60.7 Å². The molecule has 4 rings (SSSR count). The molecule has 0 bridgehead atoms. The lowest BCUT2D eigenvalue weighted by atomic mass is 9.47. The second kappa shape index (κ2) is 10.9. The summed E-state index contributed by atoms with van der Waals surface area (Å²) in [7, 11) is 0. The average molecular weight is 560 g/mol. The van der Waals surface area contributed by atoms with E-state index in [0.29, 0.717) is 5.41 Å². The molecule has 9 atom stereocenters. The number of esters is 1. The molecular weight excluding hydrogens is 511 g/mol. The second-order valence-electron chi connectivity index (χ2n) is 13.7. The summed E-state index contributed by atoms with van der Waals surface area (Å²) in [6.45, 7) is 14.9. The normalized spacial score (nSPS) is 40.1. The molecule has 2 nitrogen and oxygen atoms in total. The first-order valence-electron chi connectivity index (χ1n) is 14.8. The first kappa shape index (κ1) is 29.1. The van der Waals surface area contributed by atoms with Crippen LogP contribution in [0.1, 0.15) is 112 Å². The molecular formula is C31H49Cl3O2. The molecule has 0 radical (unpaired) electrons. The molecule has 0 amide bonds. The fourth-order valence-corrected chi connectivity index (χ4v) is 9.74. The molecule has 0 aromatic heterocycles. The maximum absolute atomic E-state index is 12.1. The SMILES string of the molecule is CC[C@H](CC[C@@H](C)[C@H]1CC[C@H]2[C@@H]3CC=C4C[C@@H](OC(=O)C(Cl)(Cl)Cl)CC[C@]4(C)[C@H]3CC[C@]12C)C(C)C. The first-order chi connectivity index (χ1) is 16.8. The highest BCUT2D eigenvalue weighted by Gasteiger charge is 2.59. The van der Waals surface area contributed by atoms with Crippen molar-refractivity contribution in [3.63, 3.8) is 0 Å². The smallest absolute Gasteiger partial charge is 0.358 e. The van der Waals surface area contributed by atoms with Gasteiger partial charge in [-0.05, 0) is 104 Å². The Morgan fingerprint density at radius 2 is 1.78 bits per heavy atom. The van der Waals surface area contributed by atoms with Crippen molar-refractivity contribution < 1.29 is 9.53 Å². The fourth-order valence-electron chi connectivity index (χ4n) is 9.61. The molecule has 0 N–H and O–H groups in total. The monoisotopic (exact) mass is 558 g/mol. The van der Waals surface area contributed by atoms with Gasteiger partial charge in [0, 0.05) is 6.42 Å². The number of allylic oxidation sites excluding steroid dienone is 1. The Morgan fingerprint density at radius 3 is 2.42 bits per heavy atom. The van der Waals surface area contributed by atoms with Crippen LogP contribution < -0.4 is 0 Å². The number of hydrogen-bond acceptors (Lipinski definition) is 2. The molecule has 5 heteroatoms. The van der Waals surface area contributed by atoms with Crippen molar-refractivity contribution in [2.24, 2.45) is 52.3 Å². The summed E-state index contributed by atoms with van der Waals surface area (Å²) in [4.78, 5) is 12.1. The zero-order valence-electron chi connectivity index (χ0n) is 23.4. The van der Waals surface area contributed by atoms with Gasteiger partial charge in [-0.3, -0.25) is 0 Å². The predicted molar refractivity (Wildman–Crippen MR) is 152 cm³/mol. The molecule has 0 aliphatic heterocycles.